The summed E-state index contributed by atoms with van der Waals surface area (Å²) < 4.78 is 0. The molecule has 3 rings (SSSR count). The summed E-state index contributed by atoms with van der Waals surface area (Å²) in [6.07, 6.45) is 6.67. The van der Waals surface area contributed by atoms with Gasteiger partial charge in [-0.1, -0.05) is 43.2 Å². The van der Waals surface area contributed by atoms with Crippen LogP contribution in [0, 0.1) is 0 Å². The van der Waals surface area contributed by atoms with Gasteiger partial charge in [0.25, 0.3) is 0 Å². The summed E-state index contributed by atoms with van der Waals surface area (Å²) in [5, 5.41) is 6.85. The summed E-state index contributed by atoms with van der Waals surface area (Å²) in [5.74, 6) is 0.949. The fourth-order valence-electron chi connectivity index (χ4n) is 2.82. The van der Waals surface area contributed by atoms with Gasteiger partial charge in [0.05, 0.1) is 0 Å². The Morgan fingerprint density at radius 2 is 1.67 bits per heavy atom. The quantitative estimate of drug-likeness (QED) is 0.617. The molecule has 0 aromatic heterocycles. The minimum Gasteiger partial charge on any atom is -0.367 e. The first-order valence-corrected chi connectivity index (χ1v) is 6.67. The van der Waals surface area contributed by atoms with Crippen molar-refractivity contribution in [2.75, 3.05) is 0 Å². The summed E-state index contributed by atoms with van der Waals surface area (Å²) in [7, 11) is 0. The normalized spacial score (nSPS) is 25.9. The van der Waals surface area contributed by atoms with Gasteiger partial charge in [-0.2, -0.15) is 0 Å². The molecule has 3 heteroatoms. The zero-order chi connectivity index (χ0) is 12.4. The Labute approximate surface area is 107 Å². The van der Waals surface area contributed by atoms with Crippen molar-refractivity contribution in [3.63, 3.8) is 0 Å². The zero-order valence-corrected chi connectivity index (χ0v) is 10.4. The third-order valence-electron chi connectivity index (χ3n) is 3.78. The molecule has 0 amide bonds. The molecule has 94 valence electrons. The van der Waals surface area contributed by atoms with Crippen molar-refractivity contribution < 1.29 is 4.79 Å². The Hall–Kier alpha value is -1.77. The maximum Gasteiger partial charge on any atom is 0.189 e. The summed E-state index contributed by atoms with van der Waals surface area (Å²) in [4.78, 5) is 12.0. The van der Waals surface area contributed by atoms with Crippen LogP contribution in [0.1, 0.15) is 36.0 Å². The van der Waals surface area contributed by atoms with Gasteiger partial charge < -0.3 is 10.6 Å². The number of carbonyl (C=O) groups is 1. The monoisotopic (exact) mass is 242 g/mol. The highest BCUT2D eigenvalue weighted by Gasteiger charge is 2.31. The lowest BCUT2D eigenvalue weighted by atomic mass is 9.92. The van der Waals surface area contributed by atoms with E-state index < -0.39 is 0 Å². The van der Waals surface area contributed by atoms with E-state index in [0.29, 0.717) is 12.1 Å². The first-order valence-electron chi connectivity index (χ1n) is 6.67. The van der Waals surface area contributed by atoms with Gasteiger partial charge in [-0.25, -0.2) is 0 Å². The van der Waals surface area contributed by atoms with E-state index in [1.165, 1.54) is 25.7 Å². The molecule has 0 spiro atoms. The van der Waals surface area contributed by atoms with E-state index in [1.807, 2.05) is 30.3 Å². The van der Waals surface area contributed by atoms with Crippen molar-refractivity contribution in [3.05, 3.63) is 47.8 Å². The lowest BCUT2D eigenvalue weighted by molar-refractivity contribution is 0.104. The van der Waals surface area contributed by atoms with E-state index in [2.05, 4.69) is 10.6 Å². The molecule has 1 aliphatic carbocycles. The molecule has 2 unspecified atom stereocenters. The first-order chi connectivity index (χ1) is 8.83. The van der Waals surface area contributed by atoms with Crippen molar-refractivity contribution >= 4 is 5.78 Å². The van der Waals surface area contributed by atoms with Crippen LogP contribution in [0.2, 0.25) is 0 Å². The van der Waals surface area contributed by atoms with Crippen molar-refractivity contribution in [2.24, 2.45) is 0 Å². The average Bonchev–Trinajstić information content (AvgIpc) is 2.82. The molecule has 2 fully saturated rings. The molecule has 0 radical (unpaired) electrons. The number of hydrogen-bond acceptors (Lipinski definition) is 3. The largest absolute Gasteiger partial charge is 0.367 e. The third-order valence-corrected chi connectivity index (χ3v) is 3.78. The molecule has 2 N–H and O–H groups in total. The second-order valence-corrected chi connectivity index (χ2v) is 5.07. The average molecular weight is 242 g/mol. The number of nitrogens with one attached hydrogen (secondary N) is 2. The molecule has 0 bridgehead atoms. The Bertz CT molecular complexity index is 451. The lowest BCUT2D eigenvalue weighted by Gasteiger charge is -2.23. The van der Waals surface area contributed by atoms with E-state index >= 15 is 0 Å². The SMILES string of the molecule is O=C(C=C1NC2CCCCC2N1)c1ccccc1. The predicted octanol–water partition coefficient (Wildman–Crippen LogP) is 2.21. The van der Waals surface area contributed by atoms with Crippen LogP contribution in [0.15, 0.2) is 42.2 Å². The standard InChI is InChI=1S/C15H18N2O/c18-14(11-6-2-1-3-7-11)10-15-16-12-8-4-5-9-13(12)17-15/h1-3,6-7,10,12-13,16-17H,4-5,8-9H2. The van der Waals surface area contributed by atoms with Gasteiger partial charge in [-0.3, -0.25) is 4.79 Å². The van der Waals surface area contributed by atoms with Crippen molar-refractivity contribution in [1.29, 1.82) is 0 Å². The van der Waals surface area contributed by atoms with Crippen LogP contribution < -0.4 is 10.6 Å². The number of benzene rings is 1. The minimum atomic E-state index is 0.0595. The molecule has 1 aliphatic heterocycles. The molecular formula is C15H18N2O. The summed E-state index contributed by atoms with van der Waals surface area (Å²) >= 11 is 0. The van der Waals surface area contributed by atoms with E-state index in [4.69, 9.17) is 0 Å². The molecule has 1 saturated carbocycles. The molecule has 1 heterocycles. The number of fused-ring (bicyclic) bond motifs is 1. The first kappa shape index (κ1) is 11.3. The Morgan fingerprint density at radius 1 is 1.06 bits per heavy atom. The Morgan fingerprint density at radius 3 is 2.28 bits per heavy atom. The van der Waals surface area contributed by atoms with Crippen LogP contribution in [0.3, 0.4) is 0 Å². The molecule has 2 aliphatic rings. The molecular weight excluding hydrogens is 224 g/mol. The number of ketones is 1. The van der Waals surface area contributed by atoms with E-state index in [0.717, 1.165) is 11.4 Å². The number of hydrogen-bond donors (Lipinski definition) is 2. The highest BCUT2D eigenvalue weighted by atomic mass is 16.1. The van der Waals surface area contributed by atoms with Gasteiger partial charge in [0, 0.05) is 23.7 Å². The van der Waals surface area contributed by atoms with Crippen LogP contribution in [-0.2, 0) is 0 Å². The van der Waals surface area contributed by atoms with Gasteiger partial charge in [-0.05, 0) is 12.8 Å². The highest BCUT2D eigenvalue weighted by molar-refractivity contribution is 6.04. The summed E-state index contributed by atoms with van der Waals surface area (Å²) in [6, 6.07) is 10.4. The number of rotatable bonds is 2. The minimum absolute atomic E-state index is 0.0595. The van der Waals surface area contributed by atoms with Crippen LogP contribution in [0.25, 0.3) is 0 Å². The van der Waals surface area contributed by atoms with Crippen molar-refractivity contribution in [2.45, 2.75) is 37.8 Å². The van der Waals surface area contributed by atoms with Crippen LogP contribution in [0.4, 0.5) is 0 Å². The zero-order valence-electron chi connectivity index (χ0n) is 10.4. The van der Waals surface area contributed by atoms with Gasteiger partial charge in [0.1, 0.15) is 5.82 Å². The molecule has 1 saturated heterocycles. The molecule has 18 heavy (non-hydrogen) atoms. The van der Waals surface area contributed by atoms with Gasteiger partial charge in [0.2, 0.25) is 0 Å². The highest BCUT2D eigenvalue weighted by Crippen LogP contribution is 2.23. The fraction of sp³-hybridized carbons (Fsp3) is 0.400. The summed E-state index contributed by atoms with van der Waals surface area (Å²) in [5.41, 5.74) is 0.739. The lowest BCUT2D eigenvalue weighted by Crippen LogP contribution is -2.36. The second-order valence-electron chi connectivity index (χ2n) is 5.07. The van der Waals surface area contributed by atoms with Crippen molar-refractivity contribution in [1.82, 2.24) is 10.6 Å². The maximum absolute atomic E-state index is 12.0. The van der Waals surface area contributed by atoms with Crippen LogP contribution in [-0.4, -0.2) is 17.9 Å². The molecule has 1 aromatic rings. The molecule has 1 aromatic carbocycles. The summed E-state index contributed by atoms with van der Waals surface area (Å²) in [6.45, 7) is 0. The Balaban J connectivity index is 1.72. The van der Waals surface area contributed by atoms with Gasteiger partial charge >= 0.3 is 0 Å². The van der Waals surface area contributed by atoms with E-state index in [-0.39, 0.29) is 5.78 Å². The fourth-order valence-corrected chi connectivity index (χ4v) is 2.82. The van der Waals surface area contributed by atoms with E-state index in [9.17, 15) is 4.79 Å². The van der Waals surface area contributed by atoms with Crippen LogP contribution in [0.5, 0.6) is 0 Å². The smallest absolute Gasteiger partial charge is 0.189 e. The van der Waals surface area contributed by atoms with Crippen molar-refractivity contribution in [3.8, 4) is 0 Å². The van der Waals surface area contributed by atoms with E-state index in [1.54, 1.807) is 6.08 Å². The molecule has 2 atom stereocenters. The molecule has 3 nitrogen and oxygen atoms in total. The second kappa shape index (κ2) is 4.84. The topological polar surface area (TPSA) is 41.1 Å². The maximum atomic E-state index is 12.0. The van der Waals surface area contributed by atoms with Gasteiger partial charge in [-0.15, -0.1) is 0 Å². The number of allylic oxidation sites excluding steroid dienone is 1. The Kier molecular flexibility index (Phi) is 3.05. The van der Waals surface area contributed by atoms with Gasteiger partial charge in [0.15, 0.2) is 5.78 Å². The van der Waals surface area contributed by atoms with Crippen LogP contribution >= 0.6 is 0 Å². The number of carbonyl (C=O) groups excluding carboxylic acids is 1. The third kappa shape index (κ3) is 2.26. The predicted molar refractivity (Wildman–Crippen MR) is 71.2 cm³/mol.